The van der Waals surface area contributed by atoms with Gasteiger partial charge in [0, 0.05) is 37.4 Å². The third kappa shape index (κ3) is 1.93. The Bertz CT molecular complexity index is 362. The summed E-state index contributed by atoms with van der Waals surface area (Å²) in [5.74, 6) is 1.15. The van der Waals surface area contributed by atoms with Crippen molar-refractivity contribution in [1.82, 2.24) is 9.88 Å². The smallest absolute Gasteiger partial charge is 0.128 e. The summed E-state index contributed by atoms with van der Waals surface area (Å²) in [6, 6.07) is 8.34. The van der Waals surface area contributed by atoms with Crippen molar-refractivity contribution >= 4 is 5.82 Å². The number of rotatable bonds is 2. The van der Waals surface area contributed by atoms with Gasteiger partial charge in [-0.05, 0) is 38.8 Å². The lowest BCUT2D eigenvalue weighted by Crippen LogP contribution is -2.56. The van der Waals surface area contributed by atoms with E-state index in [1.807, 2.05) is 12.3 Å². The molecule has 3 heteroatoms. The molecule has 0 amide bonds. The second-order valence-corrected chi connectivity index (χ2v) is 5.52. The van der Waals surface area contributed by atoms with Gasteiger partial charge < -0.3 is 4.90 Å². The number of piperazine rings is 1. The van der Waals surface area contributed by atoms with Gasteiger partial charge in [-0.3, -0.25) is 4.90 Å². The maximum atomic E-state index is 4.48. The third-order valence-electron chi connectivity index (χ3n) is 4.11. The maximum Gasteiger partial charge on any atom is 0.128 e. The average Bonchev–Trinajstić information content (AvgIpc) is 2.62. The number of aromatic nitrogens is 1. The summed E-state index contributed by atoms with van der Waals surface area (Å²) in [6.07, 6.45) is 4.60. The summed E-state index contributed by atoms with van der Waals surface area (Å²) in [7, 11) is 0. The molecule has 3 nitrogen and oxygen atoms in total. The largest absolute Gasteiger partial charge is 0.353 e. The number of nitrogens with zero attached hydrogens (tertiary/aromatic N) is 3. The molecule has 3 heterocycles. The molecular weight excluding hydrogens is 210 g/mol. The SMILES string of the molecule is CC(C)N1C2CCC1CN(c1ccccn1)C2. The van der Waals surface area contributed by atoms with Crippen LogP contribution in [0.25, 0.3) is 0 Å². The molecule has 2 aliphatic rings. The first kappa shape index (κ1) is 11.0. The number of hydrogen-bond acceptors (Lipinski definition) is 3. The van der Waals surface area contributed by atoms with Gasteiger partial charge in [0.2, 0.25) is 0 Å². The van der Waals surface area contributed by atoms with Crippen molar-refractivity contribution in [2.45, 2.75) is 44.8 Å². The van der Waals surface area contributed by atoms with Crippen LogP contribution in [0.1, 0.15) is 26.7 Å². The van der Waals surface area contributed by atoms with Crippen LogP contribution in [0.5, 0.6) is 0 Å². The summed E-state index contributed by atoms with van der Waals surface area (Å²) in [5.41, 5.74) is 0. The van der Waals surface area contributed by atoms with Gasteiger partial charge in [0.1, 0.15) is 5.82 Å². The summed E-state index contributed by atoms with van der Waals surface area (Å²) in [6.45, 7) is 6.93. The minimum Gasteiger partial charge on any atom is -0.353 e. The molecule has 92 valence electrons. The molecule has 2 aliphatic heterocycles. The summed E-state index contributed by atoms with van der Waals surface area (Å²) in [4.78, 5) is 9.64. The molecule has 1 aromatic heterocycles. The first-order chi connectivity index (χ1) is 8.25. The predicted octanol–water partition coefficient (Wildman–Crippen LogP) is 2.14. The van der Waals surface area contributed by atoms with E-state index in [2.05, 4.69) is 40.8 Å². The number of anilines is 1. The van der Waals surface area contributed by atoms with Gasteiger partial charge in [-0.2, -0.15) is 0 Å². The van der Waals surface area contributed by atoms with Gasteiger partial charge >= 0.3 is 0 Å². The molecule has 0 aliphatic carbocycles. The molecule has 2 bridgehead atoms. The fourth-order valence-corrected chi connectivity index (χ4v) is 3.51. The first-order valence-electron chi connectivity index (χ1n) is 6.69. The normalized spacial score (nSPS) is 29.0. The summed E-state index contributed by atoms with van der Waals surface area (Å²) >= 11 is 0. The van der Waals surface area contributed by atoms with Crippen LogP contribution >= 0.6 is 0 Å². The standard InChI is InChI=1S/C14H21N3/c1-11(2)17-12-6-7-13(17)10-16(9-12)14-5-3-4-8-15-14/h3-5,8,11-13H,6-7,9-10H2,1-2H3. The van der Waals surface area contributed by atoms with Gasteiger partial charge in [-0.1, -0.05) is 6.07 Å². The quantitative estimate of drug-likeness (QED) is 0.777. The number of hydrogen-bond donors (Lipinski definition) is 0. The topological polar surface area (TPSA) is 19.4 Å². The monoisotopic (exact) mass is 231 g/mol. The van der Waals surface area contributed by atoms with Gasteiger partial charge in [-0.25, -0.2) is 4.98 Å². The van der Waals surface area contributed by atoms with Crippen LogP contribution in [0.2, 0.25) is 0 Å². The minimum atomic E-state index is 0.679. The van der Waals surface area contributed by atoms with E-state index in [0.717, 1.165) is 31.0 Å². The van der Waals surface area contributed by atoms with Crippen LogP contribution in [0.4, 0.5) is 5.82 Å². The van der Waals surface area contributed by atoms with Crippen LogP contribution in [-0.4, -0.2) is 41.1 Å². The Hall–Kier alpha value is -1.09. The van der Waals surface area contributed by atoms with E-state index in [9.17, 15) is 0 Å². The van der Waals surface area contributed by atoms with Gasteiger partial charge in [0.25, 0.3) is 0 Å². The van der Waals surface area contributed by atoms with E-state index in [0.29, 0.717) is 6.04 Å². The Kier molecular flexibility index (Phi) is 2.79. The van der Waals surface area contributed by atoms with Crippen LogP contribution in [-0.2, 0) is 0 Å². The van der Waals surface area contributed by atoms with Crippen LogP contribution in [0.15, 0.2) is 24.4 Å². The Morgan fingerprint density at radius 2 is 1.88 bits per heavy atom. The first-order valence-corrected chi connectivity index (χ1v) is 6.69. The van der Waals surface area contributed by atoms with E-state index in [1.54, 1.807) is 0 Å². The number of fused-ring (bicyclic) bond motifs is 2. The van der Waals surface area contributed by atoms with Crippen LogP contribution in [0, 0.1) is 0 Å². The van der Waals surface area contributed by atoms with Crippen molar-refractivity contribution in [2.75, 3.05) is 18.0 Å². The fourth-order valence-electron chi connectivity index (χ4n) is 3.51. The van der Waals surface area contributed by atoms with Crippen molar-refractivity contribution in [1.29, 1.82) is 0 Å². The van der Waals surface area contributed by atoms with E-state index >= 15 is 0 Å². The van der Waals surface area contributed by atoms with E-state index in [4.69, 9.17) is 0 Å². The molecule has 0 radical (unpaired) electrons. The third-order valence-corrected chi connectivity index (χ3v) is 4.11. The molecule has 0 aromatic carbocycles. The second kappa shape index (κ2) is 4.30. The molecular formula is C14H21N3. The van der Waals surface area contributed by atoms with Crippen molar-refractivity contribution in [3.8, 4) is 0 Å². The van der Waals surface area contributed by atoms with Crippen molar-refractivity contribution < 1.29 is 0 Å². The zero-order chi connectivity index (χ0) is 11.8. The maximum absolute atomic E-state index is 4.48. The highest BCUT2D eigenvalue weighted by Crippen LogP contribution is 2.33. The fraction of sp³-hybridized carbons (Fsp3) is 0.643. The zero-order valence-electron chi connectivity index (χ0n) is 10.7. The van der Waals surface area contributed by atoms with E-state index < -0.39 is 0 Å². The molecule has 0 saturated carbocycles. The molecule has 0 spiro atoms. The Labute approximate surface area is 103 Å². The Balaban J connectivity index is 1.78. The van der Waals surface area contributed by atoms with Crippen molar-refractivity contribution in [3.63, 3.8) is 0 Å². The van der Waals surface area contributed by atoms with Gasteiger partial charge in [-0.15, -0.1) is 0 Å². The van der Waals surface area contributed by atoms with Crippen LogP contribution < -0.4 is 4.90 Å². The Morgan fingerprint density at radius 3 is 2.41 bits per heavy atom. The summed E-state index contributed by atoms with van der Waals surface area (Å²) in [5, 5.41) is 0. The highest BCUT2D eigenvalue weighted by Gasteiger charge is 2.41. The molecule has 2 saturated heterocycles. The lowest BCUT2D eigenvalue weighted by molar-refractivity contribution is 0.129. The second-order valence-electron chi connectivity index (χ2n) is 5.52. The van der Waals surface area contributed by atoms with Crippen molar-refractivity contribution in [2.24, 2.45) is 0 Å². The lowest BCUT2D eigenvalue weighted by atomic mass is 10.1. The predicted molar refractivity (Wildman–Crippen MR) is 70.2 cm³/mol. The Morgan fingerprint density at radius 1 is 1.18 bits per heavy atom. The molecule has 2 fully saturated rings. The average molecular weight is 231 g/mol. The van der Waals surface area contributed by atoms with Gasteiger partial charge in [0.15, 0.2) is 0 Å². The molecule has 1 aromatic rings. The van der Waals surface area contributed by atoms with Crippen molar-refractivity contribution in [3.05, 3.63) is 24.4 Å². The molecule has 0 N–H and O–H groups in total. The summed E-state index contributed by atoms with van der Waals surface area (Å²) < 4.78 is 0. The lowest BCUT2D eigenvalue weighted by Gasteiger charge is -2.43. The highest BCUT2D eigenvalue weighted by atomic mass is 15.3. The highest BCUT2D eigenvalue weighted by molar-refractivity contribution is 5.39. The molecule has 2 atom stereocenters. The molecule has 2 unspecified atom stereocenters. The van der Waals surface area contributed by atoms with E-state index in [-0.39, 0.29) is 0 Å². The minimum absolute atomic E-state index is 0.679. The van der Waals surface area contributed by atoms with Gasteiger partial charge in [0.05, 0.1) is 0 Å². The molecule has 3 rings (SSSR count). The number of pyridine rings is 1. The van der Waals surface area contributed by atoms with Crippen LogP contribution in [0.3, 0.4) is 0 Å². The molecule has 17 heavy (non-hydrogen) atoms. The zero-order valence-corrected chi connectivity index (χ0v) is 10.7. The van der Waals surface area contributed by atoms with E-state index in [1.165, 1.54) is 12.8 Å².